The summed E-state index contributed by atoms with van der Waals surface area (Å²) < 4.78 is 0. The van der Waals surface area contributed by atoms with Crippen LogP contribution in [0.2, 0.25) is 0 Å². The summed E-state index contributed by atoms with van der Waals surface area (Å²) in [5, 5.41) is 7.99. The lowest BCUT2D eigenvalue weighted by atomic mass is 10.4. The monoisotopic (exact) mass is 94.1 g/mol. The average molecular weight is 94.1 g/mol. The van der Waals surface area contributed by atoms with Crippen LogP contribution in [0.15, 0.2) is 0 Å². The van der Waals surface area contributed by atoms with E-state index in [1.807, 2.05) is 0 Å². The maximum Gasteiger partial charge on any atom is 0.155 e. The molecular formula is C5H6N2. The number of nitriles is 1. The van der Waals surface area contributed by atoms with Gasteiger partial charge >= 0.3 is 0 Å². The normalized spacial score (nSPS) is 10.4. The van der Waals surface area contributed by atoms with E-state index in [0.717, 1.165) is 0 Å². The summed E-state index contributed by atoms with van der Waals surface area (Å²) >= 11 is 0. The first-order valence-electron chi connectivity index (χ1n) is 1.88. The van der Waals surface area contributed by atoms with Crippen LogP contribution in [-0.4, -0.2) is 6.04 Å². The average Bonchev–Trinajstić information content (AvgIpc) is 1.68. The van der Waals surface area contributed by atoms with Gasteiger partial charge in [-0.25, -0.2) is 0 Å². The predicted octanol–water partition coefficient (Wildman–Crippen LogP) is -0.139. The third kappa shape index (κ3) is 2.82. The van der Waals surface area contributed by atoms with Crippen LogP contribution in [0.25, 0.3) is 0 Å². The topological polar surface area (TPSA) is 49.8 Å². The zero-order valence-electron chi connectivity index (χ0n) is 4.10. The van der Waals surface area contributed by atoms with Crippen molar-refractivity contribution in [1.82, 2.24) is 0 Å². The van der Waals surface area contributed by atoms with Gasteiger partial charge < -0.3 is 5.73 Å². The zero-order valence-corrected chi connectivity index (χ0v) is 4.10. The van der Waals surface area contributed by atoms with Gasteiger partial charge in [0.2, 0.25) is 0 Å². The molecule has 0 aromatic rings. The van der Waals surface area contributed by atoms with Crippen LogP contribution < -0.4 is 5.73 Å². The van der Waals surface area contributed by atoms with Gasteiger partial charge in [0.15, 0.2) is 6.04 Å². The van der Waals surface area contributed by atoms with Crippen LogP contribution in [0, 0.1) is 23.2 Å². The Morgan fingerprint density at radius 1 is 1.71 bits per heavy atom. The summed E-state index contributed by atoms with van der Waals surface area (Å²) in [5.41, 5.74) is 5.05. The highest BCUT2D eigenvalue weighted by molar-refractivity contribution is 5.13. The molecule has 0 amide bonds. The highest BCUT2D eigenvalue weighted by atomic mass is 14.6. The van der Waals surface area contributed by atoms with Crippen molar-refractivity contribution in [2.24, 2.45) is 5.73 Å². The number of hydrogen-bond donors (Lipinski definition) is 1. The lowest BCUT2D eigenvalue weighted by Gasteiger charge is -1.80. The number of rotatable bonds is 0. The fourth-order valence-electron chi connectivity index (χ4n) is 0.188. The fourth-order valence-corrected chi connectivity index (χ4v) is 0.188. The Morgan fingerprint density at radius 2 is 2.29 bits per heavy atom. The van der Waals surface area contributed by atoms with Crippen molar-refractivity contribution in [3.8, 4) is 17.9 Å². The molecular weight excluding hydrogens is 88.1 g/mol. The Hall–Kier alpha value is -0.990. The minimum absolute atomic E-state index is 0.606. The van der Waals surface area contributed by atoms with Gasteiger partial charge in [-0.3, -0.25) is 0 Å². The highest BCUT2D eigenvalue weighted by Crippen LogP contribution is 1.64. The lowest BCUT2D eigenvalue weighted by Crippen LogP contribution is -2.13. The summed E-state index contributed by atoms with van der Waals surface area (Å²) in [6.45, 7) is 1.65. The number of nitrogens with two attached hydrogens (primary N) is 1. The van der Waals surface area contributed by atoms with Crippen molar-refractivity contribution < 1.29 is 0 Å². The Balaban J connectivity index is 3.57. The molecule has 0 saturated carbocycles. The second-order valence-electron chi connectivity index (χ2n) is 1.00. The quantitative estimate of drug-likeness (QED) is 0.425. The minimum atomic E-state index is -0.606. The largest absolute Gasteiger partial charge is 0.306 e. The standard InChI is InChI=1S/C5H6N2/c1-2-3-5(7)4-6/h5H,7H2,1H3/t5-/m0/s1. The van der Waals surface area contributed by atoms with Gasteiger partial charge in [-0.05, 0) is 6.92 Å². The number of nitrogens with zero attached hydrogens (tertiary/aromatic N) is 1. The number of hydrogen-bond acceptors (Lipinski definition) is 2. The Bertz CT molecular complexity index is 132. The van der Waals surface area contributed by atoms with E-state index >= 15 is 0 Å². The molecule has 0 fully saturated rings. The first kappa shape index (κ1) is 6.01. The van der Waals surface area contributed by atoms with Crippen LogP contribution in [0.5, 0.6) is 0 Å². The third-order valence-corrected chi connectivity index (χ3v) is 0.439. The molecule has 0 aliphatic carbocycles. The fraction of sp³-hybridized carbons (Fsp3) is 0.400. The van der Waals surface area contributed by atoms with Crippen molar-refractivity contribution in [2.75, 3.05) is 0 Å². The van der Waals surface area contributed by atoms with E-state index in [4.69, 9.17) is 11.0 Å². The maximum absolute atomic E-state index is 7.99. The smallest absolute Gasteiger partial charge is 0.155 e. The van der Waals surface area contributed by atoms with Crippen molar-refractivity contribution in [3.63, 3.8) is 0 Å². The van der Waals surface area contributed by atoms with Gasteiger partial charge in [-0.1, -0.05) is 5.92 Å². The van der Waals surface area contributed by atoms with E-state index < -0.39 is 6.04 Å². The van der Waals surface area contributed by atoms with Crippen molar-refractivity contribution in [3.05, 3.63) is 0 Å². The predicted molar refractivity (Wildman–Crippen MR) is 27.0 cm³/mol. The molecule has 0 rings (SSSR count). The molecule has 0 bridgehead atoms. The first-order chi connectivity index (χ1) is 3.31. The highest BCUT2D eigenvalue weighted by Gasteiger charge is 1.85. The summed E-state index contributed by atoms with van der Waals surface area (Å²) in [4.78, 5) is 0. The molecule has 0 heterocycles. The van der Waals surface area contributed by atoms with Gasteiger partial charge in [0, 0.05) is 0 Å². The second-order valence-corrected chi connectivity index (χ2v) is 1.00. The minimum Gasteiger partial charge on any atom is -0.306 e. The van der Waals surface area contributed by atoms with Gasteiger partial charge in [0.25, 0.3) is 0 Å². The van der Waals surface area contributed by atoms with E-state index in [1.165, 1.54) is 0 Å². The van der Waals surface area contributed by atoms with E-state index in [2.05, 4.69) is 11.8 Å². The Kier molecular flexibility index (Phi) is 2.76. The second kappa shape index (κ2) is 3.21. The summed E-state index contributed by atoms with van der Waals surface area (Å²) in [5.74, 6) is 4.98. The van der Waals surface area contributed by atoms with E-state index in [9.17, 15) is 0 Å². The molecule has 2 nitrogen and oxygen atoms in total. The van der Waals surface area contributed by atoms with Crippen molar-refractivity contribution >= 4 is 0 Å². The first-order valence-corrected chi connectivity index (χ1v) is 1.88. The molecule has 36 valence electrons. The van der Waals surface area contributed by atoms with Crippen LogP contribution >= 0.6 is 0 Å². The van der Waals surface area contributed by atoms with Crippen LogP contribution in [0.3, 0.4) is 0 Å². The van der Waals surface area contributed by atoms with E-state index in [1.54, 1.807) is 13.0 Å². The molecule has 0 aromatic heterocycles. The van der Waals surface area contributed by atoms with Gasteiger partial charge in [0.05, 0.1) is 6.07 Å². The van der Waals surface area contributed by atoms with E-state index in [-0.39, 0.29) is 0 Å². The molecule has 0 aromatic carbocycles. The van der Waals surface area contributed by atoms with E-state index in [0.29, 0.717) is 0 Å². The summed E-state index contributed by atoms with van der Waals surface area (Å²) in [6.07, 6.45) is 0. The molecule has 0 radical (unpaired) electrons. The van der Waals surface area contributed by atoms with Crippen LogP contribution in [-0.2, 0) is 0 Å². The Morgan fingerprint density at radius 3 is 2.43 bits per heavy atom. The maximum atomic E-state index is 7.99. The molecule has 0 unspecified atom stereocenters. The van der Waals surface area contributed by atoms with Crippen molar-refractivity contribution in [2.45, 2.75) is 13.0 Å². The molecule has 0 aliphatic heterocycles. The molecule has 0 saturated heterocycles. The van der Waals surface area contributed by atoms with Crippen molar-refractivity contribution in [1.29, 1.82) is 5.26 Å². The molecule has 1 atom stereocenters. The zero-order chi connectivity index (χ0) is 5.70. The van der Waals surface area contributed by atoms with Crippen LogP contribution in [0.4, 0.5) is 0 Å². The molecule has 2 heteroatoms. The van der Waals surface area contributed by atoms with Gasteiger partial charge in [-0.15, -0.1) is 5.92 Å². The van der Waals surface area contributed by atoms with Crippen LogP contribution in [0.1, 0.15) is 6.92 Å². The summed E-state index contributed by atoms with van der Waals surface area (Å²) in [6, 6.07) is 1.16. The molecule has 7 heavy (non-hydrogen) atoms. The molecule has 0 aliphatic rings. The lowest BCUT2D eigenvalue weighted by molar-refractivity contribution is 1.08. The van der Waals surface area contributed by atoms with Gasteiger partial charge in [-0.2, -0.15) is 5.26 Å². The SMILES string of the molecule is CC#C[C@H](N)C#N. The molecule has 2 N–H and O–H groups in total. The van der Waals surface area contributed by atoms with Gasteiger partial charge in [0.1, 0.15) is 0 Å². The molecule has 0 spiro atoms. The Labute approximate surface area is 42.9 Å². The summed E-state index contributed by atoms with van der Waals surface area (Å²) in [7, 11) is 0. The third-order valence-electron chi connectivity index (χ3n) is 0.439.